The minimum Gasteiger partial charge on any atom is -0.394 e. The molecule has 4 rings (SSSR count). The van der Waals surface area contributed by atoms with Crippen LogP contribution >= 0.6 is 0 Å². The Hall–Kier alpha value is -0.760. The molecule has 19 heteroatoms. The van der Waals surface area contributed by atoms with Crippen molar-refractivity contribution in [3.63, 3.8) is 0 Å². The highest BCUT2D eigenvalue weighted by Crippen LogP contribution is 2.33. The fourth-order valence-electron chi connectivity index (χ4n) is 5.09. The highest BCUT2D eigenvalue weighted by atomic mass is 16.8. The van der Waals surface area contributed by atoms with Crippen LogP contribution in [-0.2, 0) is 33.2 Å². The summed E-state index contributed by atoms with van der Waals surface area (Å²) in [6.45, 7) is -0.415. The smallest absolute Gasteiger partial charge is 0.187 e. The zero-order chi connectivity index (χ0) is 31.0. The normalized spacial score (nSPS) is 54.1. The maximum atomic E-state index is 11.2. The summed E-state index contributed by atoms with van der Waals surface area (Å²) >= 11 is 0. The summed E-state index contributed by atoms with van der Waals surface area (Å²) in [4.78, 5) is 0. The molecule has 0 radical (unpaired) electrons. The standard InChI is InChI=1S/C23H40O19/c1-5-9(26)12(29)15(32)22(38-5)41-18-8(4-37-21-14(31)10(27)6(25)3-36-21)39-20(35)19(17(18)34)42-23-16(33)13(30)11(28)7(2-24)40-23/h5-35H,2-4H2,1H3/t5-,6-,7+,8+,9-,10-,11+,12+,13-,14+,15+,16+,17-,18+,19+,20+,21-,22-,23-/m0/s1. The number of rotatable bonds is 8. The summed E-state index contributed by atoms with van der Waals surface area (Å²) < 4.78 is 38.0. The van der Waals surface area contributed by atoms with Crippen LogP contribution in [0.25, 0.3) is 0 Å². The summed E-state index contributed by atoms with van der Waals surface area (Å²) in [5.41, 5.74) is 0. The maximum absolute atomic E-state index is 11.2. The summed E-state index contributed by atoms with van der Waals surface area (Å²) in [6.07, 6.45) is -31.4. The van der Waals surface area contributed by atoms with Crippen molar-refractivity contribution in [1.82, 2.24) is 0 Å². The zero-order valence-electron chi connectivity index (χ0n) is 22.3. The summed E-state index contributed by atoms with van der Waals surface area (Å²) in [5, 5.41) is 122. The minimum atomic E-state index is -2.01. The first-order valence-electron chi connectivity index (χ1n) is 13.4. The second kappa shape index (κ2) is 14.1. The van der Waals surface area contributed by atoms with Crippen LogP contribution in [0.2, 0.25) is 0 Å². The average molecular weight is 621 g/mol. The molecule has 0 aromatic heterocycles. The molecule has 0 aromatic carbocycles. The van der Waals surface area contributed by atoms with Gasteiger partial charge in [0, 0.05) is 0 Å². The van der Waals surface area contributed by atoms with Crippen LogP contribution in [0.4, 0.5) is 0 Å². The van der Waals surface area contributed by atoms with Crippen molar-refractivity contribution in [3.05, 3.63) is 0 Å². The average Bonchev–Trinajstić information content (AvgIpc) is 2.96. The Balaban J connectivity index is 1.52. The zero-order valence-corrected chi connectivity index (χ0v) is 22.3. The third-order valence-corrected chi connectivity index (χ3v) is 7.75. The molecule has 4 fully saturated rings. The van der Waals surface area contributed by atoms with Gasteiger partial charge in [0.1, 0.15) is 85.5 Å². The van der Waals surface area contributed by atoms with Crippen molar-refractivity contribution in [2.24, 2.45) is 0 Å². The van der Waals surface area contributed by atoms with Gasteiger partial charge in [0.25, 0.3) is 0 Å². The van der Waals surface area contributed by atoms with Crippen LogP contribution in [0.3, 0.4) is 0 Å². The predicted molar refractivity (Wildman–Crippen MR) is 126 cm³/mol. The van der Waals surface area contributed by atoms with Gasteiger partial charge in [-0.3, -0.25) is 0 Å². The molecule has 0 bridgehead atoms. The second-order valence-electron chi connectivity index (χ2n) is 10.7. The summed E-state index contributed by atoms with van der Waals surface area (Å²) in [6, 6.07) is 0. The maximum Gasteiger partial charge on any atom is 0.187 e. The van der Waals surface area contributed by atoms with E-state index in [-0.39, 0.29) is 0 Å². The lowest BCUT2D eigenvalue weighted by Gasteiger charge is -2.48. The predicted octanol–water partition coefficient (Wildman–Crippen LogP) is -8.08. The van der Waals surface area contributed by atoms with Crippen molar-refractivity contribution in [1.29, 1.82) is 0 Å². The monoisotopic (exact) mass is 620 g/mol. The van der Waals surface area contributed by atoms with Gasteiger partial charge < -0.3 is 94.4 Å². The molecule has 0 aliphatic carbocycles. The third kappa shape index (κ3) is 6.89. The molecule has 246 valence electrons. The first kappa shape index (κ1) is 34.1. The number of hydrogen-bond acceptors (Lipinski definition) is 19. The van der Waals surface area contributed by atoms with Gasteiger partial charge in [-0.1, -0.05) is 0 Å². The van der Waals surface area contributed by atoms with E-state index in [0.29, 0.717) is 0 Å². The molecule has 4 heterocycles. The molecule has 12 N–H and O–H groups in total. The van der Waals surface area contributed by atoms with Gasteiger partial charge in [-0.15, -0.1) is 0 Å². The van der Waals surface area contributed by atoms with Crippen molar-refractivity contribution in [2.45, 2.75) is 124 Å². The minimum absolute atomic E-state index is 0.394. The van der Waals surface area contributed by atoms with Crippen molar-refractivity contribution in [3.8, 4) is 0 Å². The third-order valence-electron chi connectivity index (χ3n) is 7.75. The molecule has 0 unspecified atom stereocenters. The van der Waals surface area contributed by atoms with Gasteiger partial charge in [0.05, 0.1) is 25.9 Å². The molecular weight excluding hydrogens is 580 g/mol. The lowest BCUT2D eigenvalue weighted by Crippen LogP contribution is -2.66. The van der Waals surface area contributed by atoms with Gasteiger partial charge in [-0.25, -0.2) is 0 Å². The van der Waals surface area contributed by atoms with E-state index in [9.17, 15) is 61.3 Å². The second-order valence-corrected chi connectivity index (χ2v) is 10.7. The van der Waals surface area contributed by atoms with E-state index in [0.717, 1.165) is 0 Å². The SMILES string of the molecule is C[C@@H]1O[C@@H](O[C@H]2[C@H](O)[C@@H](O[C@@H]3O[C@H](CO)[C@@H](O)[C@H](O)[C@H]3O)[C@H](O)O[C@@H]2CO[C@@H]2OC[C@H](O)[C@H](O)[C@H]2O)[C@H](O)[C@H](O)[C@H]1O. The molecule has 4 aliphatic heterocycles. The lowest BCUT2D eigenvalue weighted by molar-refractivity contribution is -0.385. The largest absolute Gasteiger partial charge is 0.394 e. The van der Waals surface area contributed by atoms with Gasteiger partial charge in [0.15, 0.2) is 25.2 Å². The topological polar surface area (TPSA) is 307 Å². The van der Waals surface area contributed by atoms with Crippen LogP contribution in [0.1, 0.15) is 6.92 Å². The van der Waals surface area contributed by atoms with E-state index in [2.05, 4.69) is 0 Å². The van der Waals surface area contributed by atoms with E-state index < -0.39 is 137 Å². The summed E-state index contributed by atoms with van der Waals surface area (Å²) in [7, 11) is 0. The molecule has 19 nitrogen and oxygen atoms in total. The highest BCUT2D eigenvalue weighted by molar-refractivity contribution is 4.96. The Labute approximate surface area is 238 Å². The van der Waals surface area contributed by atoms with Crippen molar-refractivity contribution >= 4 is 0 Å². The van der Waals surface area contributed by atoms with Crippen LogP contribution < -0.4 is 0 Å². The highest BCUT2D eigenvalue weighted by Gasteiger charge is 2.53. The molecule has 0 aromatic rings. The first-order chi connectivity index (χ1) is 19.8. The van der Waals surface area contributed by atoms with E-state index in [1.807, 2.05) is 0 Å². The number of hydrogen-bond donors (Lipinski definition) is 12. The number of aliphatic hydroxyl groups excluding tert-OH is 12. The fraction of sp³-hybridized carbons (Fsp3) is 1.00. The van der Waals surface area contributed by atoms with Gasteiger partial charge in [-0.05, 0) is 6.92 Å². The number of ether oxygens (including phenoxy) is 7. The Morgan fingerprint density at radius 2 is 1.14 bits per heavy atom. The molecule has 4 saturated heterocycles. The van der Waals surface area contributed by atoms with Crippen LogP contribution in [0.5, 0.6) is 0 Å². The van der Waals surface area contributed by atoms with Crippen molar-refractivity contribution in [2.75, 3.05) is 19.8 Å². The molecule has 4 aliphatic rings. The lowest BCUT2D eigenvalue weighted by atomic mass is 9.96. The Bertz CT molecular complexity index is 853. The molecule has 0 spiro atoms. The fourth-order valence-corrected chi connectivity index (χ4v) is 5.09. The van der Waals surface area contributed by atoms with Gasteiger partial charge in [-0.2, -0.15) is 0 Å². The van der Waals surface area contributed by atoms with E-state index in [4.69, 9.17) is 33.2 Å². The Kier molecular flexibility index (Phi) is 11.5. The first-order valence-corrected chi connectivity index (χ1v) is 13.4. The Morgan fingerprint density at radius 3 is 1.79 bits per heavy atom. The van der Waals surface area contributed by atoms with Crippen LogP contribution in [0, 0.1) is 0 Å². The van der Waals surface area contributed by atoms with Crippen LogP contribution in [0.15, 0.2) is 0 Å². The van der Waals surface area contributed by atoms with E-state index in [1.54, 1.807) is 0 Å². The molecule has 0 saturated carbocycles. The quantitative estimate of drug-likeness (QED) is 0.120. The van der Waals surface area contributed by atoms with Crippen molar-refractivity contribution < 1.29 is 94.4 Å². The Morgan fingerprint density at radius 1 is 0.571 bits per heavy atom. The van der Waals surface area contributed by atoms with Gasteiger partial charge >= 0.3 is 0 Å². The molecule has 19 atom stereocenters. The van der Waals surface area contributed by atoms with Crippen LogP contribution in [-0.4, -0.2) is 198 Å². The van der Waals surface area contributed by atoms with E-state index in [1.165, 1.54) is 6.92 Å². The van der Waals surface area contributed by atoms with Gasteiger partial charge in [0.2, 0.25) is 0 Å². The molecular formula is C23H40O19. The molecule has 0 amide bonds. The number of aliphatic hydroxyl groups is 12. The van der Waals surface area contributed by atoms with E-state index >= 15 is 0 Å². The summed E-state index contributed by atoms with van der Waals surface area (Å²) in [5.74, 6) is 0. The molecule has 42 heavy (non-hydrogen) atoms.